The lowest BCUT2D eigenvalue weighted by Gasteiger charge is -2.33. The van der Waals surface area contributed by atoms with E-state index in [-0.39, 0.29) is 19.1 Å². The van der Waals surface area contributed by atoms with Crippen LogP contribution in [0.2, 0.25) is 0 Å². The van der Waals surface area contributed by atoms with Gasteiger partial charge in [0.05, 0.1) is 19.3 Å². The quantitative estimate of drug-likeness (QED) is 0.662. The van der Waals surface area contributed by atoms with E-state index in [1.54, 1.807) is 0 Å². The topological polar surface area (TPSA) is 62.1 Å². The molecule has 0 aliphatic carbocycles. The average molecular weight is 196 g/mol. The first-order valence-electron chi connectivity index (χ1n) is 5.02. The Morgan fingerprint density at radius 2 is 2.29 bits per heavy atom. The normalized spacial score (nSPS) is 18.0. The van der Waals surface area contributed by atoms with Crippen molar-refractivity contribution in [2.45, 2.75) is 26.2 Å². The molecule has 0 spiro atoms. The van der Waals surface area contributed by atoms with E-state index in [0.29, 0.717) is 6.54 Å². The summed E-state index contributed by atoms with van der Waals surface area (Å²) in [6, 6.07) is 2.02. The lowest BCUT2D eigenvalue weighted by atomic mass is 9.87. The number of amides is 1. The maximum Gasteiger partial charge on any atom is 0.245 e. The van der Waals surface area contributed by atoms with Gasteiger partial charge in [0.15, 0.2) is 5.41 Å². The fourth-order valence-corrected chi connectivity index (χ4v) is 1.30. The van der Waals surface area contributed by atoms with Crippen LogP contribution in [0, 0.1) is 16.7 Å². The van der Waals surface area contributed by atoms with Gasteiger partial charge in [-0.1, -0.05) is 19.8 Å². The largest absolute Gasteiger partial charge is 0.377 e. The monoisotopic (exact) mass is 196 g/mol. The number of nitriles is 1. The van der Waals surface area contributed by atoms with Crippen LogP contribution in [0.4, 0.5) is 0 Å². The van der Waals surface area contributed by atoms with Crippen molar-refractivity contribution in [3.63, 3.8) is 0 Å². The van der Waals surface area contributed by atoms with E-state index in [4.69, 9.17) is 10.00 Å². The Bertz CT molecular complexity index is 241. The Balaban J connectivity index is 2.24. The van der Waals surface area contributed by atoms with Crippen LogP contribution in [-0.2, 0) is 9.53 Å². The molecule has 14 heavy (non-hydrogen) atoms. The molecule has 1 aliphatic heterocycles. The summed E-state index contributed by atoms with van der Waals surface area (Å²) in [6.07, 6.45) is 3.21. The zero-order chi connectivity index (χ0) is 10.4. The molecule has 1 saturated heterocycles. The smallest absolute Gasteiger partial charge is 0.245 e. The molecular formula is C10H16N2O2. The van der Waals surface area contributed by atoms with Crippen LogP contribution >= 0.6 is 0 Å². The number of nitrogens with zero attached hydrogens (tertiary/aromatic N) is 1. The number of carbonyl (C=O) groups is 1. The maximum absolute atomic E-state index is 11.5. The maximum atomic E-state index is 11.5. The van der Waals surface area contributed by atoms with Crippen molar-refractivity contribution >= 4 is 5.91 Å². The third-order valence-corrected chi connectivity index (χ3v) is 2.41. The second-order valence-corrected chi connectivity index (χ2v) is 3.65. The minimum Gasteiger partial charge on any atom is -0.377 e. The van der Waals surface area contributed by atoms with Crippen molar-refractivity contribution in [2.75, 3.05) is 19.8 Å². The molecule has 0 atom stereocenters. The summed E-state index contributed by atoms with van der Waals surface area (Å²) in [6.45, 7) is 3.25. The van der Waals surface area contributed by atoms with E-state index in [1.807, 2.05) is 6.07 Å². The zero-order valence-electron chi connectivity index (χ0n) is 8.51. The molecule has 1 amide bonds. The second-order valence-electron chi connectivity index (χ2n) is 3.65. The van der Waals surface area contributed by atoms with Gasteiger partial charge in [0.1, 0.15) is 0 Å². The highest BCUT2D eigenvalue weighted by atomic mass is 16.5. The van der Waals surface area contributed by atoms with E-state index in [9.17, 15) is 4.79 Å². The summed E-state index contributed by atoms with van der Waals surface area (Å²) < 4.78 is 4.89. The van der Waals surface area contributed by atoms with Crippen molar-refractivity contribution in [1.29, 1.82) is 5.26 Å². The number of nitrogens with one attached hydrogen (secondary N) is 1. The SMILES string of the molecule is CCCCCNC(=O)C1(C#N)COC1. The first-order chi connectivity index (χ1) is 6.75. The van der Waals surface area contributed by atoms with Gasteiger partial charge in [-0.15, -0.1) is 0 Å². The summed E-state index contributed by atoms with van der Waals surface area (Å²) in [5.41, 5.74) is -0.897. The van der Waals surface area contributed by atoms with Gasteiger partial charge in [-0.3, -0.25) is 4.79 Å². The van der Waals surface area contributed by atoms with Gasteiger partial charge in [-0.25, -0.2) is 0 Å². The Hall–Kier alpha value is -1.08. The van der Waals surface area contributed by atoms with Gasteiger partial charge >= 0.3 is 0 Å². The van der Waals surface area contributed by atoms with E-state index in [1.165, 1.54) is 0 Å². The standard InChI is InChI=1S/C10H16N2O2/c1-2-3-4-5-12-9(13)10(6-11)7-14-8-10/h2-5,7-8H2,1H3,(H,12,13). The molecule has 1 N–H and O–H groups in total. The highest BCUT2D eigenvalue weighted by Crippen LogP contribution is 2.26. The number of rotatable bonds is 5. The van der Waals surface area contributed by atoms with Crippen molar-refractivity contribution in [2.24, 2.45) is 5.41 Å². The molecule has 1 heterocycles. The summed E-state index contributed by atoms with van der Waals surface area (Å²) >= 11 is 0. The molecule has 0 saturated carbocycles. The van der Waals surface area contributed by atoms with Crippen molar-refractivity contribution in [1.82, 2.24) is 5.32 Å². The minimum atomic E-state index is -0.897. The molecule has 1 rings (SSSR count). The number of unbranched alkanes of at least 4 members (excludes halogenated alkanes) is 2. The highest BCUT2D eigenvalue weighted by Gasteiger charge is 2.46. The van der Waals surface area contributed by atoms with Crippen LogP contribution < -0.4 is 5.32 Å². The van der Waals surface area contributed by atoms with Gasteiger partial charge in [-0.2, -0.15) is 5.26 Å². The predicted molar refractivity (Wildman–Crippen MR) is 51.4 cm³/mol. The third-order valence-electron chi connectivity index (χ3n) is 2.41. The molecular weight excluding hydrogens is 180 g/mol. The second kappa shape index (κ2) is 4.97. The van der Waals surface area contributed by atoms with Gasteiger partial charge < -0.3 is 10.1 Å². The predicted octanol–water partition coefficient (Wildman–Crippen LogP) is 0.833. The summed E-state index contributed by atoms with van der Waals surface area (Å²) in [5, 5.41) is 11.6. The number of ether oxygens (including phenoxy) is 1. The lowest BCUT2D eigenvalue weighted by Crippen LogP contribution is -2.53. The first-order valence-corrected chi connectivity index (χ1v) is 5.02. The fraction of sp³-hybridized carbons (Fsp3) is 0.800. The molecule has 4 heteroatoms. The molecule has 1 fully saturated rings. The lowest BCUT2D eigenvalue weighted by molar-refractivity contribution is -0.150. The Morgan fingerprint density at radius 1 is 1.57 bits per heavy atom. The summed E-state index contributed by atoms with van der Waals surface area (Å²) in [5.74, 6) is -0.178. The van der Waals surface area contributed by atoms with Crippen LogP contribution in [0.1, 0.15) is 26.2 Å². The molecule has 4 nitrogen and oxygen atoms in total. The van der Waals surface area contributed by atoms with E-state index >= 15 is 0 Å². The van der Waals surface area contributed by atoms with E-state index in [0.717, 1.165) is 19.3 Å². The average Bonchev–Trinajstić information content (AvgIpc) is 2.12. The van der Waals surface area contributed by atoms with Crippen LogP contribution in [0.3, 0.4) is 0 Å². The van der Waals surface area contributed by atoms with Crippen molar-refractivity contribution in [3.05, 3.63) is 0 Å². The van der Waals surface area contributed by atoms with Gasteiger partial charge in [-0.05, 0) is 6.42 Å². The zero-order valence-corrected chi connectivity index (χ0v) is 8.51. The van der Waals surface area contributed by atoms with Crippen molar-refractivity contribution in [3.8, 4) is 6.07 Å². The number of hydrogen-bond acceptors (Lipinski definition) is 3. The van der Waals surface area contributed by atoms with Crippen LogP contribution in [0.5, 0.6) is 0 Å². The van der Waals surface area contributed by atoms with Gasteiger partial charge in [0, 0.05) is 6.54 Å². The van der Waals surface area contributed by atoms with E-state index < -0.39 is 5.41 Å². The summed E-state index contributed by atoms with van der Waals surface area (Å²) in [7, 11) is 0. The molecule has 1 aliphatic rings. The highest BCUT2D eigenvalue weighted by molar-refractivity contribution is 5.86. The van der Waals surface area contributed by atoms with Gasteiger partial charge in [0.2, 0.25) is 5.91 Å². The minimum absolute atomic E-state index is 0.178. The van der Waals surface area contributed by atoms with Crippen molar-refractivity contribution < 1.29 is 9.53 Å². The summed E-state index contributed by atoms with van der Waals surface area (Å²) in [4.78, 5) is 11.5. The number of hydrogen-bond donors (Lipinski definition) is 1. The van der Waals surface area contributed by atoms with Crippen LogP contribution in [0.25, 0.3) is 0 Å². The molecule has 0 bridgehead atoms. The molecule has 0 aromatic heterocycles. The fourth-order valence-electron chi connectivity index (χ4n) is 1.30. The Kier molecular flexibility index (Phi) is 3.90. The molecule has 0 radical (unpaired) electrons. The molecule has 78 valence electrons. The molecule has 0 aromatic carbocycles. The Labute approximate surface area is 84.2 Å². The molecule has 0 unspecified atom stereocenters. The van der Waals surface area contributed by atoms with Gasteiger partial charge in [0.25, 0.3) is 0 Å². The van der Waals surface area contributed by atoms with E-state index in [2.05, 4.69) is 12.2 Å². The number of carbonyl (C=O) groups excluding carboxylic acids is 1. The van der Waals surface area contributed by atoms with Crippen LogP contribution in [-0.4, -0.2) is 25.7 Å². The Morgan fingerprint density at radius 3 is 2.71 bits per heavy atom. The first kappa shape index (κ1) is 11.0. The third kappa shape index (κ3) is 2.24. The van der Waals surface area contributed by atoms with Crippen LogP contribution in [0.15, 0.2) is 0 Å². The molecule has 0 aromatic rings.